The zero-order valence-electron chi connectivity index (χ0n) is 7.61. The Morgan fingerprint density at radius 3 is 2.67 bits per heavy atom. The number of methoxy groups -OCH3 is 1. The van der Waals surface area contributed by atoms with Gasteiger partial charge in [-0.05, 0) is 9.91 Å². The Hall–Kier alpha value is -1.99. The molecule has 0 saturated carbocycles. The maximum absolute atomic E-state index is 12.5. The number of anilines is 1. The van der Waals surface area contributed by atoms with Crippen LogP contribution in [0.4, 0.5) is 20.4 Å². The van der Waals surface area contributed by atoms with Crippen LogP contribution in [0.3, 0.4) is 0 Å². The molecule has 1 heterocycles. The number of pyridine rings is 1. The highest BCUT2D eigenvalue weighted by atomic mass is 19.3. The van der Waals surface area contributed by atoms with Crippen LogP contribution in [0.2, 0.25) is 0 Å². The summed E-state index contributed by atoms with van der Waals surface area (Å²) in [7, 11) is 1.12. The molecule has 0 bridgehead atoms. The van der Waals surface area contributed by atoms with Gasteiger partial charge in [-0.1, -0.05) is 0 Å². The number of alkyl halides is 2. The molecule has 0 aliphatic heterocycles. The van der Waals surface area contributed by atoms with Gasteiger partial charge in [0, 0.05) is 6.07 Å². The molecule has 1 aromatic rings. The summed E-state index contributed by atoms with van der Waals surface area (Å²) in [5.41, 5.74) is 4.34. The van der Waals surface area contributed by atoms with E-state index in [4.69, 9.17) is 5.73 Å². The number of nitrogen functional groups attached to an aromatic ring is 1. The molecule has 1 rings (SSSR count). The number of nitro groups is 1. The van der Waals surface area contributed by atoms with Crippen LogP contribution in [0, 0.1) is 10.1 Å². The molecule has 0 aliphatic carbocycles. The number of nitrogens with two attached hydrogens (primary N) is 1. The molecule has 0 unspecified atom stereocenters. The van der Waals surface area contributed by atoms with E-state index in [9.17, 15) is 18.9 Å². The van der Waals surface area contributed by atoms with Crippen molar-refractivity contribution in [2.75, 3.05) is 12.8 Å². The van der Waals surface area contributed by atoms with Crippen molar-refractivity contribution in [1.82, 2.24) is 4.98 Å². The Balaban J connectivity index is 3.47. The van der Waals surface area contributed by atoms with Gasteiger partial charge in [-0.25, -0.2) is 8.78 Å². The molecule has 6 nitrogen and oxygen atoms in total. The van der Waals surface area contributed by atoms with Gasteiger partial charge in [-0.2, -0.15) is 0 Å². The van der Waals surface area contributed by atoms with E-state index in [0.717, 1.165) is 13.2 Å². The summed E-state index contributed by atoms with van der Waals surface area (Å²) in [6.45, 7) is 0. The molecule has 0 saturated heterocycles. The lowest BCUT2D eigenvalue weighted by Crippen LogP contribution is -2.04. The first kappa shape index (κ1) is 11.1. The normalized spacial score (nSPS) is 10.4. The Morgan fingerprint density at radius 2 is 2.27 bits per heavy atom. The number of nitrogens with zero attached hydrogens (tertiary/aromatic N) is 2. The van der Waals surface area contributed by atoms with Crippen molar-refractivity contribution in [3.8, 4) is 5.75 Å². The number of hydrogen-bond acceptors (Lipinski definition) is 5. The topological polar surface area (TPSA) is 91.3 Å². The van der Waals surface area contributed by atoms with Crippen molar-refractivity contribution < 1.29 is 18.4 Å². The lowest BCUT2D eigenvalue weighted by Gasteiger charge is -2.07. The second kappa shape index (κ2) is 4.03. The Labute approximate surface area is 82.8 Å². The van der Waals surface area contributed by atoms with E-state index in [-0.39, 0.29) is 11.6 Å². The van der Waals surface area contributed by atoms with Crippen LogP contribution in [0.5, 0.6) is 5.75 Å². The Bertz CT molecular complexity index is 397. The molecule has 15 heavy (non-hydrogen) atoms. The lowest BCUT2D eigenvalue weighted by molar-refractivity contribution is -0.391. The van der Waals surface area contributed by atoms with Crippen LogP contribution in [-0.2, 0) is 0 Å². The quantitative estimate of drug-likeness (QED) is 0.614. The van der Waals surface area contributed by atoms with Crippen LogP contribution in [-0.4, -0.2) is 17.0 Å². The molecule has 0 spiro atoms. The van der Waals surface area contributed by atoms with Crippen LogP contribution in [0.15, 0.2) is 6.07 Å². The fourth-order valence-electron chi connectivity index (χ4n) is 1.05. The van der Waals surface area contributed by atoms with Gasteiger partial charge >= 0.3 is 5.82 Å². The third kappa shape index (κ3) is 2.09. The number of halogens is 2. The highest BCUT2D eigenvalue weighted by Gasteiger charge is 2.29. The Morgan fingerprint density at radius 1 is 1.67 bits per heavy atom. The molecule has 2 N–H and O–H groups in total. The van der Waals surface area contributed by atoms with Crippen LogP contribution < -0.4 is 10.5 Å². The molecule has 8 heteroatoms. The summed E-state index contributed by atoms with van der Waals surface area (Å²) in [5.74, 6) is -1.58. The van der Waals surface area contributed by atoms with E-state index < -0.39 is 22.7 Å². The molecule has 0 amide bonds. The van der Waals surface area contributed by atoms with Crippen molar-refractivity contribution in [2.45, 2.75) is 6.43 Å². The predicted octanol–water partition coefficient (Wildman–Crippen LogP) is 1.52. The van der Waals surface area contributed by atoms with Gasteiger partial charge in [0.1, 0.15) is 5.75 Å². The second-order valence-corrected chi connectivity index (χ2v) is 2.54. The summed E-state index contributed by atoms with van der Waals surface area (Å²) >= 11 is 0. The predicted molar refractivity (Wildman–Crippen MR) is 46.8 cm³/mol. The lowest BCUT2D eigenvalue weighted by atomic mass is 10.2. The van der Waals surface area contributed by atoms with Crippen LogP contribution in [0.1, 0.15) is 12.0 Å². The van der Waals surface area contributed by atoms with E-state index in [2.05, 4.69) is 9.72 Å². The fourth-order valence-corrected chi connectivity index (χ4v) is 1.05. The van der Waals surface area contributed by atoms with E-state index in [0.29, 0.717) is 0 Å². The van der Waals surface area contributed by atoms with Crippen LogP contribution >= 0.6 is 0 Å². The summed E-state index contributed by atoms with van der Waals surface area (Å²) in [4.78, 5) is 12.6. The molecule has 0 aliphatic rings. The van der Waals surface area contributed by atoms with Gasteiger partial charge in [0.2, 0.25) is 5.82 Å². The highest BCUT2D eigenvalue weighted by Crippen LogP contribution is 2.36. The molecule has 0 fully saturated rings. The van der Waals surface area contributed by atoms with Gasteiger partial charge in [-0.15, -0.1) is 0 Å². The number of aromatic nitrogens is 1. The van der Waals surface area contributed by atoms with Crippen molar-refractivity contribution >= 4 is 11.6 Å². The highest BCUT2D eigenvalue weighted by molar-refractivity contribution is 5.52. The van der Waals surface area contributed by atoms with Crippen molar-refractivity contribution in [1.29, 1.82) is 0 Å². The van der Waals surface area contributed by atoms with Crippen LogP contribution in [0.25, 0.3) is 0 Å². The summed E-state index contributed by atoms with van der Waals surface area (Å²) in [6, 6.07) is 1.01. The van der Waals surface area contributed by atoms with Gasteiger partial charge < -0.3 is 20.6 Å². The minimum Gasteiger partial charge on any atom is -0.496 e. The van der Waals surface area contributed by atoms with E-state index in [1.807, 2.05) is 0 Å². The summed E-state index contributed by atoms with van der Waals surface area (Å²) in [5, 5.41) is 10.4. The minimum atomic E-state index is -3.05. The molecule has 82 valence electrons. The first-order valence-electron chi connectivity index (χ1n) is 3.74. The Kier molecular flexibility index (Phi) is 2.98. The first-order valence-corrected chi connectivity index (χ1v) is 3.74. The average molecular weight is 219 g/mol. The average Bonchev–Trinajstić information content (AvgIpc) is 2.15. The summed E-state index contributed by atoms with van der Waals surface area (Å²) < 4.78 is 29.6. The van der Waals surface area contributed by atoms with E-state index >= 15 is 0 Å². The molecule has 1 aromatic heterocycles. The van der Waals surface area contributed by atoms with E-state index in [1.54, 1.807) is 0 Å². The monoisotopic (exact) mass is 219 g/mol. The first-order chi connectivity index (χ1) is 6.97. The third-order valence-corrected chi connectivity index (χ3v) is 1.63. The van der Waals surface area contributed by atoms with Gasteiger partial charge in [-0.3, -0.25) is 0 Å². The minimum absolute atomic E-state index is 0.247. The zero-order valence-corrected chi connectivity index (χ0v) is 7.61. The van der Waals surface area contributed by atoms with Gasteiger partial charge in [0.15, 0.2) is 5.56 Å². The van der Waals surface area contributed by atoms with Gasteiger partial charge in [0.05, 0.1) is 7.11 Å². The smallest absolute Gasteiger partial charge is 0.378 e. The second-order valence-electron chi connectivity index (χ2n) is 2.54. The maximum atomic E-state index is 12.5. The molecular formula is C7H7F2N3O3. The van der Waals surface area contributed by atoms with Crippen molar-refractivity contribution in [2.24, 2.45) is 0 Å². The molecule has 0 atom stereocenters. The fraction of sp³-hybridized carbons (Fsp3) is 0.286. The number of ether oxygens (including phenoxy) is 1. The zero-order chi connectivity index (χ0) is 11.6. The number of hydrogen-bond donors (Lipinski definition) is 1. The molecule has 0 aromatic carbocycles. The van der Waals surface area contributed by atoms with E-state index in [1.165, 1.54) is 0 Å². The maximum Gasteiger partial charge on any atom is 0.378 e. The third-order valence-electron chi connectivity index (χ3n) is 1.63. The summed E-state index contributed by atoms with van der Waals surface area (Å²) in [6.07, 6.45) is -3.05. The standard InChI is InChI=1S/C7H7F2N3O3/c1-15-3-2-4(10)11-7(12(13)14)5(3)6(8)9/h2,6H,1H3,(H2,10,11). The van der Waals surface area contributed by atoms with Crippen molar-refractivity contribution in [3.63, 3.8) is 0 Å². The molecule has 0 radical (unpaired) electrons. The van der Waals surface area contributed by atoms with Crippen molar-refractivity contribution in [3.05, 3.63) is 21.7 Å². The largest absolute Gasteiger partial charge is 0.496 e. The molecular weight excluding hydrogens is 212 g/mol. The van der Waals surface area contributed by atoms with Gasteiger partial charge in [0.25, 0.3) is 6.43 Å². The number of rotatable bonds is 3. The SMILES string of the molecule is COc1cc(N)nc([N+](=O)[O-])c1C(F)F.